The third kappa shape index (κ3) is 3.82. The summed E-state index contributed by atoms with van der Waals surface area (Å²) >= 11 is 1.53. The smallest absolute Gasteiger partial charge is 0.169 e. The monoisotopic (exact) mass is 304 g/mol. The van der Waals surface area contributed by atoms with E-state index in [0.29, 0.717) is 35.9 Å². The number of nitrogens with two attached hydrogens (primary N) is 1. The Hall–Kier alpha value is -1.88. The van der Waals surface area contributed by atoms with Crippen LogP contribution in [0.1, 0.15) is 47.7 Å². The van der Waals surface area contributed by atoms with E-state index in [1.165, 1.54) is 11.3 Å². The summed E-state index contributed by atoms with van der Waals surface area (Å²) in [5, 5.41) is 2.86. The molecular weight excluding hydrogens is 284 g/mol. The molecule has 0 aliphatic carbocycles. The molecular formula is C16H20N2O2S. The third-order valence-corrected chi connectivity index (χ3v) is 3.97. The summed E-state index contributed by atoms with van der Waals surface area (Å²) in [4.78, 5) is 16.8. The fourth-order valence-electron chi connectivity index (χ4n) is 1.92. The zero-order valence-corrected chi connectivity index (χ0v) is 13.4. The number of hydrogen-bond donors (Lipinski definition) is 1. The van der Waals surface area contributed by atoms with Crippen LogP contribution in [0.15, 0.2) is 23.6 Å². The first-order chi connectivity index (χ1) is 10.0. The summed E-state index contributed by atoms with van der Waals surface area (Å²) in [6, 6.07) is 5.17. The van der Waals surface area contributed by atoms with Crippen molar-refractivity contribution < 1.29 is 9.53 Å². The van der Waals surface area contributed by atoms with Crippen LogP contribution < -0.4 is 10.5 Å². The Morgan fingerprint density at radius 2 is 2.19 bits per heavy atom. The molecule has 112 valence electrons. The van der Waals surface area contributed by atoms with Crippen molar-refractivity contribution in [2.75, 3.05) is 12.3 Å². The Morgan fingerprint density at radius 1 is 1.43 bits per heavy atom. The maximum atomic E-state index is 12.3. The second-order valence-electron chi connectivity index (χ2n) is 5.11. The summed E-state index contributed by atoms with van der Waals surface area (Å²) in [5.74, 6) is 1.02. The number of benzene rings is 1. The molecule has 2 rings (SSSR count). The first-order valence-corrected chi connectivity index (χ1v) is 7.89. The Morgan fingerprint density at radius 3 is 2.76 bits per heavy atom. The standard InChI is InChI=1S/C16H20N2O2S/c1-4-20-15-6-5-11(7-12(15)17)14(19)8-16-18-13(9-21-16)10(2)3/h5-7,9-10H,4,8,17H2,1-3H3. The van der Waals surface area contributed by atoms with Gasteiger partial charge in [-0.2, -0.15) is 0 Å². The Bertz CT molecular complexity index is 635. The molecule has 0 atom stereocenters. The minimum atomic E-state index is 0.0226. The fourth-order valence-corrected chi connectivity index (χ4v) is 2.87. The minimum Gasteiger partial charge on any atom is -0.492 e. The van der Waals surface area contributed by atoms with E-state index in [0.717, 1.165) is 10.7 Å². The highest BCUT2D eigenvalue weighted by Crippen LogP contribution is 2.24. The maximum Gasteiger partial charge on any atom is 0.169 e. The highest BCUT2D eigenvalue weighted by molar-refractivity contribution is 7.09. The van der Waals surface area contributed by atoms with Gasteiger partial charge in [0.15, 0.2) is 5.78 Å². The van der Waals surface area contributed by atoms with Gasteiger partial charge in [-0.25, -0.2) is 4.98 Å². The van der Waals surface area contributed by atoms with Crippen LogP contribution in [-0.2, 0) is 6.42 Å². The van der Waals surface area contributed by atoms with Gasteiger partial charge in [-0.05, 0) is 31.0 Å². The van der Waals surface area contributed by atoms with Crippen molar-refractivity contribution in [1.29, 1.82) is 0 Å². The molecule has 0 saturated carbocycles. The van der Waals surface area contributed by atoms with E-state index < -0.39 is 0 Å². The molecule has 0 aliphatic rings. The molecule has 0 radical (unpaired) electrons. The highest BCUT2D eigenvalue weighted by Gasteiger charge is 2.13. The van der Waals surface area contributed by atoms with Crippen molar-refractivity contribution in [3.63, 3.8) is 0 Å². The maximum absolute atomic E-state index is 12.3. The molecule has 4 nitrogen and oxygen atoms in total. The molecule has 5 heteroatoms. The molecule has 0 fully saturated rings. The molecule has 2 aromatic rings. The van der Waals surface area contributed by atoms with Crippen LogP contribution >= 0.6 is 11.3 Å². The van der Waals surface area contributed by atoms with Crippen molar-refractivity contribution >= 4 is 22.8 Å². The van der Waals surface area contributed by atoms with E-state index in [9.17, 15) is 4.79 Å². The second-order valence-corrected chi connectivity index (χ2v) is 6.05. The van der Waals surface area contributed by atoms with Crippen LogP contribution in [0.4, 0.5) is 5.69 Å². The Labute approximate surface area is 129 Å². The lowest BCUT2D eigenvalue weighted by Crippen LogP contribution is -2.05. The van der Waals surface area contributed by atoms with Gasteiger partial charge in [0.1, 0.15) is 10.8 Å². The van der Waals surface area contributed by atoms with Gasteiger partial charge in [0, 0.05) is 10.9 Å². The lowest BCUT2D eigenvalue weighted by molar-refractivity contribution is 0.0993. The van der Waals surface area contributed by atoms with Gasteiger partial charge in [0.05, 0.1) is 24.4 Å². The summed E-state index contributed by atoms with van der Waals surface area (Å²) in [7, 11) is 0. The second kappa shape index (κ2) is 6.72. The molecule has 2 N–H and O–H groups in total. The fraction of sp³-hybridized carbons (Fsp3) is 0.375. The predicted octanol–water partition coefficient (Wildman–Crippen LogP) is 3.67. The average Bonchev–Trinajstić information content (AvgIpc) is 2.90. The van der Waals surface area contributed by atoms with Gasteiger partial charge < -0.3 is 10.5 Å². The van der Waals surface area contributed by atoms with Crippen LogP contribution in [0.5, 0.6) is 5.75 Å². The van der Waals surface area contributed by atoms with E-state index in [1.54, 1.807) is 18.2 Å². The molecule has 1 aromatic heterocycles. The van der Waals surface area contributed by atoms with E-state index in [1.807, 2.05) is 12.3 Å². The van der Waals surface area contributed by atoms with E-state index in [2.05, 4.69) is 18.8 Å². The molecule has 0 spiro atoms. The van der Waals surface area contributed by atoms with Crippen LogP contribution in [0.3, 0.4) is 0 Å². The lowest BCUT2D eigenvalue weighted by atomic mass is 10.1. The lowest BCUT2D eigenvalue weighted by Gasteiger charge is -2.08. The number of Topliss-reactive ketones (excluding diaryl/α,β-unsaturated/α-hetero) is 1. The van der Waals surface area contributed by atoms with Crippen LogP contribution in [0, 0.1) is 0 Å². The number of rotatable bonds is 6. The van der Waals surface area contributed by atoms with Gasteiger partial charge in [-0.15, -0.1) is 11.3 Å². The zero-order chi connectivity index (χ0) is 15.4. The highest BCUT2D eigenvalue weighted by atomic mass is 32.1. The number of carbonyl (C=O) groups is 1. The van der Waals surface area contributed by atoms with Crippen LogP contribution in [0.25, 0.3) is 0 Å². The molecule has 0 unspecified atom stereocenters. The zero-order valence-electron chi connectivity index (χ0n) is 12.6. The average molecular weight is 304 g/mol. The van der Waals surface area contributed by atoms with E-state index in [-0.39, 0.29) is 5.78 Å². The van der Waals surface area contributed by atoms with Crippen molar-refractivity contribution in [2.24, 2.45) is 0 Å². The van der Waals surface area contributed by atoms with Gasteiger partial charge in [0.25, 0.3) is 0 Å². The number of ketones is 1. The largest absolute Gasteiger partial charge is 0.492 e. The van der Waals surface area contributed by atoms with Crippen molar-refractivity contribution in [1.82, 2.24) is 4.98 Å². The third-order valence-electron chi connectivity index (χ3n) is 3.10. The number of anilines is 1. The first kappa shape index (κ1) is 15.5. The molecule has 0 saturated heterocycles. The first-order valence-electron chi connectivity index (χ1n) is 7.01. The summed E-state index contributed by atoms with van der Waals surface area (Å²) in [5.41, 5.74) is 8.01. The van der Waals surface area contributed by atoms with Gasteiger partial charge in [-0.3, -0.25) is 4.79 Å². The number of ether oxygens (including phenoxy) is 1. The predicted molar refractivity (Wildman–Crippen MR) is 86.3 cm³/mol. The summed E-state index contributed by atoms with van der Waals surface area (Å²) < 4.78 is 5.37. The molecule has 21 heavy (non-hydrogen) atoms. The van der Waals surface area contributed by atoms with Crippen molar-refractivity contribution in [3.8, 4) is 5.75 Å². The summed E-state index contributed by atoms with van der Waals surface area (Å²) in [6.45, 7) is 6.63. The van der Waals surface area contributed by atoms with Crippen molar-refractivity contribution in [2.45, 2.75) is 33.1 Å². The molecule has 1 heterocycles. The van der Waals surface area contributed by atoms with Gasteiger partial charge in [-0.1, -0.05) is 13.8 Å². The molecule has 0 amide bonds. The Balaban J connectivity index is 2.10. The number of carbonyl (C=O) groups excluding carboxylic acids is 1. The Kier molecular flexibility index (Phi) is 4.96. The molecule has 1 aromatic carbocycles. The van der Waals surface area contributed by atoms with E-state index in [4.69, 9.17) is 10.5 Å². The molecule has 0 bridgehead atoms. The van der Waals surface area contributed by atoms with Crippen molar-refractivity contribution in [3.05, 3.63) is 39.8 Å². The van der Waals surface area contributed by atoms with Gasteiger partial charge in [0.2, 0.25) is 0 Å². The topological polar surface area (TPSA) is 65.2 Å². The normalized spacial score (nSPS) is 10.9. The minimum absolute atomic E-state index is 0.0226. The SMILES string of the molecule is CCOc1ccc(C(=O)Cc2nc(C(C)C)cs2)cc1N. The number of thiazole rings is 1. The summed E-state index contributed by atoms with van der Waals surface area (Å²) in [6.07, 6.45) is 0.310. The number of nitrogen functional groups attached to an aromatic ring is 1. The quantitative estimate of drug-likeness (QED) is 0.653. The number of nitrogens with zero attached hydrogens (tertiary/aromatic N) is 1. The van der Waals surface area contributed by atoms with Gasteiger partial charge >= 0.3 is 0 Å². The number of hydrogen-bond acceptors (Lipinski definition) is 5. The van der Waals surface area contributed by atoms with Crippen LogP contribution in [-0.4, -0.2) is 17.4 Å². The van der Waals surface area contributed by atoms with E-state index >= 15 is 0 Å². The number of aromatic nitrogens is 1. The van der Waals surface area contributed by atoms with Crippen LogP contribution in [0.2, 0.25) is 0 Å². The molecule has 0 aliphatic heterocycles.